The van der Waals surface area contributed by atoms with Crippen molar-refractivity contribution in [2.75, 3.05) is 0 Å². The normalized spacial score (nSPS) is 13.7. The molecule has 0 saturated heterocycles. The van der Waals surface area contributed by atoms with E-state index in [4.69, 9.17) is 27.9 Å². The van der Waals surface area contributed by atoms with Crippen molar-refractivity contribution in [3.8, 4) is 0 Å². The number of halogens is 2. The highest BCUT2D eigenvalue weighted by Crippen LogP contribution is 2.34. The van der Waals surface area contributed by atoms with Crippen LogP contribution in [-0.4, -0.2) is 17.3 Å². The molecule has 0 fully saturated rings. The molecule has 1 aromatic rings. The lowest BCUT2D eigenvalue weighted by Crippen LogP contribution is -2.29. The Kier molecular flexibility index (Phi) is 3.12. The van der Waals surface area contributed by atoms with Crippen LogP contribution in [0.25, 0.3) is 0 Å². The van der Waals surface area contributed by atoms with E-state index in [0.29, 0.717) is 16.2 Å². The number of hydrogen-bond acceptors (Lipinski definition) is 4. The zero-order valence-corrected chi connectivity index (χ0v) is 9.66. The molecule has 0 unspecified atom stereocenters. The molecule has 0 saturated carbocycles. The Bertz CT molecular complexity index is 476. The summed E-state index contributed by atoms with van der Waals surface area (Å²) in [5, 5.41) is 12.3. The van der Waals surface area contributed by atoms with Crippen molar-refractivity contribution in [3.05, 3.63) is 21.7 Å². The molecule has 2 rings (SSSR count). The van der Waals surface area contributed by atoms with Gasteiger partial charge in [-0.05, 0) is 23.8 Å². The number of aliphatic imine (C=N–C) groups is 1. The molecule has 3 nitrogen and oxygen atoms in total. The van der Waals surface area contributed by atoms with Crippen LogP contribution >= 0.6 is 35.4 Å². The number of fused-ring (bicyclic) bond motifs is 1. The Morgan fingerprint density at radius 3 is 3.00 bits per heavy atom. The third kappa shape index (κ3) is 1.83. The Balaban J connectivity index is 2.70. The Labute approximate surface area is 102 Å². The number of nitrogens with zero attached hydrogens (tertiary/aromatic N) is 1. The SMILES string of the molecule is OB1OCc2cc(Cl)c(N=C=S)c(Cl)c21. The van der Waals surface area contributed by atoms with Crippen LogP contribution in [0.15, 0.2) is 11.1 Å². The van der Waals surface area contributed by atoms with Crippen LogP contribution in [-0.2, 0) is 11.3 Å². The fourth-order valence-electron chi connectivity index (χ4n) is 1.46. The van der Waals surface area contributed by atoms with Crippen LogP contribution in [0.5, 0.6) is 0 Å². The van der Waals surface area contributed by atoms with E-state index in [0.717, 1.165) is 5.56 Å². The van der Waals surface area contributed by atoms with Crippen LogP contribution in [0.4, 0.5) is 5.69 Å². The van der Waals surface area contributed by atoms with Crippen molar-refractivity contribution < 1.29 is 9.68 Å². The van der Waals surface area contributed by atoms with Gasteiger partial charge >= 0.3 is 7.12 Å². The minimum atomic E-state index is -1.02. The second kappa shape index (κ2) is 4.22. The van der Waals surface area contributed by atoms with Gasteiger partial charge in [0.05, 0.1) is 21.8 Å². The van der Waals surface area contributed by atoms with E-state index in [-0.39, 0.29) is 11.6 Å². The topological polar surface area (TPSA) is 41.8 Å². The van der Waals surface area contributed by atoms with Gasteiger partial charge in [0.25, 0.3) is 0 Å². The van der Waals surface area contributed by atoms with E-state index in [1.54, 1.807) is 6.07 Å². The summed E-state index contributed by atoms with van der Waals surface area (Å²) in [4.78, 5) is 3.75. The van der Waals surface area contributed by atoms with Gasteiger partial charge in [0.2, 0.25) is 0 Å². The number of benzene rings is 1. The summed E-state index contributed by atoms with van der Waals surface area (Å²) in [6.45, 7) is 0.289. The number of hydrogen-bond donors (Lipinski definition) is 1. The maximum atomic E-state index is 9.51. The average molecular weight is 260 g/mol. The van der Waals surface area contributed by atoms with E-state index in [9.17, 15) is 5.02 Å². The van der Waals surface area contributed by atoms with Gasteiger partial charge in [0, 0.05) is 5.46 Å². The Morgan fingerprint density at radius 1 is 1.60 bits per heavy atom. The first kappa shape index (κ1) is 11.1. The van der Waals surface area contributed by atoms with Gasteiger partial charge in [-0.25, -0.2) is 0 Å². The highest BCUT2D eigenvalue weighted by atomic mass is 35.5. The molecular weight excluding hydrogens is 256 g/mol. The molecule has 0 spiro atoms. The summed E-state index contributed by atoms with van der Waals surface area (Å²) in [6, 6.07) is 1.66. The van der Waals surface area contributed by atoms with Crippen LogP contribution in [0, 0.1) is 0 Å². The van der Waals surface area contributed by atoms with E-state index in [2.05, 4.69) is 22.4 Å². The van der Waals surface area contributed by atoms with Crippen LogP contribution < -0.4 is 5.46 Å². The van der Waals surface area contributed by atoms with Crippen molar-refractivity contribution >= 4 is 58.8 Å². The zero-order chi connectivity index (χ0) is 11.0. The molecular formula is C8H4BCl2NO2S. The number of thiocarbonyl (C=S) groups is 1. The molecule has 1 aliphatic rings. The number of isothiocyanates is 1. The molecule has 76 valence electrons. The zero-order valence-electron chi connectivity index (χ0n) is 7.33. The fraction of sp³-hybridized carbons (Fsp3) is 0.125. The predicted molar refractivity (Wildman–Crippen MR) is 63.5 cm³/mol. The third-order valence-electron chi connectivity index (χ3n) is 2.12. The first-order chi connectivity index (χ1) is 7.15. The second-order valence-electron chi connectivity index (χ2n) is 2.96. The maximum absolute atomic E-state index is 9.51. The highest BCUT2D eigenvalue weighted by molar-refractivity contribution is 7.78. The average Bonchev–Trinajstić information content (AvgIpc) is 2.54. The van der Waals surface area contributed by atoms with E-state index < -0.39 is 7.12 Å². The lowest BCUT2D eigenvalue weighted by Gasteiger charge is -2.06. The van der Waals surface area contributed by atoms with Gasteiger partial charge in [-0.1, -0.05) is 23.2 Å². The third-order valence-corrected chi connectivity index (χ3v) is 2.88. The first-order valence-electron chi connectivity index (χ1n) is 4.03. The Morgan fingerprint density at radius 2 is 2.33 bits per heavy atom. The van der Waals surface area contributed by atoms with Gasteiger partial charge in [-0.3, -0.25) is 0 Å². The monoisotopic (exact) mass is 259 g/mol. The summed E-state index contributed by atoms with van der Waals surface area (Å²) >= 11 is 16.4. The summed E-state index contributed by atoms with van der Waals surface area (Å²) in [7, 11) is -1.02. The predicted octanol–water partition coefficient (Wildman–Crippen LogP) is 1.95. The molecule has 0 aliphatic carbocycles. The summed E-state index contributed by atoms with van der Waals surface area (Å²) in [6.07, 6.45) is 0. The molecule has 0 atom stereocenters. The summed E-state index contributed by atoms with van der Waals surface area (Å²) in [5.41, 5.74) is 1.59. The number of rotatable bonds is 1. The van der Waals surface area contributed by atoms with Crippen LogP contribution in [0.1, 0.15) is 5.56 Å². The van der Waals surface area contributed by atoms with Gasteiger partial charge in [-0.2, -0.15) is 4.99 Å². The van der Waals surface area contributed by atoms with Crippen molar-refractivity contribution in [2.24, 2.45) is 4.99 Å². The van der Waals surface area contributed by atoms with Gasteiger partial charge in [0.15, 0.2) is 0 Å². The molecule has 0 amide bonds. The lowest BCUT2D eigenvalue weighted by atomic mass is 9.79. The molecule has 1 N–H and O–H groups in total. The summed E-state index contributed by atoms with van der Waals surface area (Å²) < 4.78 is 5.02. The van der Waals surface area contributed by atoms with Crippen molar-refractivity contribution in [1.29, 1.82) is 0 Å². The van der Waals surface area contributed by atoms with E-state index >= 15 is 0 Å². The van der Waals surface area contributed by atoms with E-state index in [1.807, 2.05) is 0 Å². The van der Waals surface area contributed by atoms with Crippen LogP contribution in [0.3, 0.4) is 0 Å². The van der Waals surface area contributed by atoms with Crippen molar-refractivity contribution in [3.63, 3.8) is 0 Å². The molecule has 7 heteroatoms. The minimum absolute atomic E-state index is 0.264. The van der Waals surface area contributed by atoms with E-state index in [1.165, 1.54) is 0 Å². The van der Waals surface area contributed by atoms with Gasteiger partial charge in [0.1, 0.15) is 5.69 Å². The first-order valence-corrected chi connectivity index (χ1v) is 5.20. The highest BCUT2D eigenvalue weighted by Gasteiger charge is 2.32. The summed E-state index contributed by atoms with van der Waals surface area (Å²) in [5.74, 6) is 0. The maximum Gasteiger partial charge on any atom is 0.493 e. The molecule has 1 aromatic carbocycles. The molecule has 1 heterocycles. The minimum Gasteiger partial charge on any atom is -0.423 e. The molecule has 0 bridgehead atoms. The smallest absolute Gasteiger partial charge is 0.423 e. The van der Waals surface area contributed by atoms with Gasteiger partial charge < -0.3 is 9.68 Å². The fourth-order valence-corrected chi connectivity index (χ4v) is 2.23. The van der Waals surface area contributed by atoms with Crippen LogP contribution in [0.2, 0.25) is 10.0 Å². The van der Waals surface area contributed by atoms with Crippen molar-refractivity contribution in [2.45, 2.75) is 6.61 Å². The molecule has 0 radical (unpaired) electrons. The Hall–Kier alpha value is -0.415. The largest absolute Gasteiger partial charge is 0.493 e. The second-order valence-corrected chi connectivity index (χ2v) is 3.93. The molecule has 15 heavy (non-hydrogen) atoms. The van der Waals surface area contributed by atoms with Crippen molar-refractivity contribution in [1.82, 2.24) is 0 Å². The van der Waals surface area contributed by atoms with Gasteiger partial charge in [-0.15, -0.1) is 0 Å². The standard InChI is InChI=1S/C8H4BCl2NO2S/c10-5-1-4-2-14-9(13)6(4)7(11)8(5)12-3-15/h1,13H,2H2. The molecule has 0 aromatic heterocycles. The molecule has 1 aliphatic heterocycles. The lowest BCUT2D eigenvalue weighted by molar-refractivity contribution is 0.275. The quantitative estimate of drug-likeness (QED) is 0.476.